The van der Waals surface area contributed by atoms with Gasteiger partial charge < -0.3 is 6.15 Å². The highest BCUT2D eigenvalue weighted by Crippen LogP contribution is 2.20. The zero-order valence-electron chi connectivity index (χ0n) is 13.5. The number of halogens is 1. The Labute approximate surface area is 143 Å². The van der Waals surface area contributed by atoms with E-state index in [1.807, 2.05) is 32.1 Å². The van der Waals surface area contributed by atoms with E-state index in [0.29, 0.717) is 11.1 Å². The first kappa shape index (κ1) is 20.8. The number of allylic oxidation sites excluding steroid dienone is 1. The lowest BCUT2D eigenvalue weighted by Gasteiger charge is -2.11. The maximum atomic E-state index is 12.4. The van der Waals surface area contributed by atoms with Gasteiger partial charge in [0.15, 0.2) is 0 Å². The van der Waals surface area contributed by atoms with Gasteiger partial charge in [0.2, 0.25) is 11.6 Å². The van der Waals surface area contributed by atoms with E-state index in [2.05, 4.69) is 6.58 Å². The normalized spacial score (nSPS) is 9.30. The van der Waals surface area contributed by atoms with Gasteiger partial charge in [-0.1, -0.05) is 48.5 Å². The molecule has 0 atom stereocenters. The fraction of sp³-hybridized carbons (Fsp3) is 0.158. The summed E-state index contributed by atoms with van der Waals surface area (Å²) >= 11 is 0. The highest BCUT2D eigenvalue weighted by Gasteiger charge is 2.20. The van der Waals surface area contributed by atoms with Crippen molar-refractivity contribution < 1.29 is 9.59 Å². The average molecular weight is 332 g/mol. The van der Waals surface area contributed by atoms with Crippen molar-refractivity contribution in [2.24, 2.45) is 0 Å². The molecule has 0 fully saturated rings. The molecule has 122 valence electrons. The van der Waals surface area contributed by atoms with Gasteiger partial charge >= 0.3 is 0 Å². The first-order valence-corrected chi connectivity index (χ1v) is 6.90. The Hall–Kier alpha value is -2.23. The Bertz CT molecular complexity index is 709. The molecule has 0 aliphatic heterocycles. The van der Waals surface area contributed by atoms with Gasteiger partial charge in [-0.05, 0) is 37.0 Å². The number of carbonyl (C=O) groups is 2. The third-order valence-electron chi connectivity index (χ3n) is 3.75. The predicted octanol–water partition coefficient (Wildman–Crippen LogP) is 4.68. The second-order valence-electron chi connectivity index (χ2n) is 5.04. The van der Waals surface area contributed by atoms with Gasteiger partial charge in [0.05, 0.1) is 0 Å². The molecule has 0 heterocycles. The number of hydrogen-bond acceptors (Lipinski definition) is 3. The highest BCUT2D eigenvalue weighted by molar-refractivity contribution is 6.49. The second-order valence-corrected chi connectivity index (χ2v) is 5.04. The fourth-order valence-corrected chi connectivity index (χ4v) is 2.34. The van der Waals surface area contributed by atoms with Crippen LogP contribution in [0.1, 0.15) is 37.4 Å². The molecule has 0 bridgehead atoms. The molecule has 0 saturated heterocycles. The molecule has 0 saturated carbocycles. The van der Waals surface area contributed by atoms with Crippen LogP contribution in [0.3, 0.4) is 0 Å². The molecule has 2 aromatic carbocycles. The molecule has 3 nitrogen and oxygen atoms in total. The van der Waals surface area contributed by atoms with Gasteiger partial charge in [-0.3, -0.25) is 9.59 Å². The minimum atomic E-state index is -0.463. The van der Waals surface area contributed by atoms with Crippen molar-refractivity contribution in [3.63, 3.8) is 0 Å². The summed E-state index contributed by atoms with van der Waals surface area (Å²) in [7, 11) is 0. The number of rotatable bonds is 5. The summed E-state index contributed by atoms with van der Waals surface area (Å²) in [6, 6.07) is 12.3. The first-order chi connectivity index (χ1) is 10.1. The average Bonchev–Trinajstić information content (AvgIpc) is 2.52. The Morgan fingerprint density at radius 2 is 1.57 bits per heavy atom. The predicted molar refractivity (Wildman–Crippen MR) is 97.2 cm³/mol. The summed E-state index contributed by atoms with van der Waals surface area (Å²) < 4.78 is 0. The molecule has 4 heteroatoms. The number of benzene rings is 2. The van der Waals surface area contributed by atoms with Crippen molar-refractivity contribution in [2.75, 3.05) is 0 Å². The van der Waals surface area contributed by atoms with Gasteiger partial charge in [-0.15, -0.1) is 19.0 Å². The minimum Gasteiger partial charge on any atom is -0.344 e. The molecule has 0 aliphatic carbocycles. The van der Waals surface area contributed by atoms with Crippen LogP contribution in [0.4, 0.5) is 0 Å². The maximum Gasteiger partial charge on any atom is 0.233 e. The number of ketones is 2. The largest absolute Gasteiger partial charge is 0.344 e. The molecular weight excluding hydrogens is 310 g/mol. The molecule has 0 amide bonds. The van der Waals surface area contributed by atoms with Crippen molar-refractivity contribution in [3.8, 4) is 0 Å². The topological polar surface area (TPSA) is 69.1 Å². The van der Waals surface area contributed by atoms with Crippen LogP contribution in [0.15, 0.2) is 55.1 Å². The molecule has 3 N–H and O–H groups in total. The summed E-state index contributed by atoms with van der Waals surface area (Å²) in [5.74, 6) is -0.915. The van der Waals surface area contributed by atoms with Gasteiger partial charge in [0, 0.05) is 11.1 Å². The van der Waals surface area contributed by atoms with Crippen molar-refractivity contribution >= 4 is 24.0 Å². The Morgan fingerprint density at radius 3 is 2.13 bits per heavy atom. The molecule has 0 aromatic heterocycles. The van der Waals surface area contributed by atoms with Gasteiger partial charge in [-0.25, -0.2) is 0 Å². The molecule has 2 rings (SSSR count). The third kappa shape index (κ3) is 4.38. The van der Waals surface area contributed by atoms with Crippen LogP contribution in [0.2, 0.25) is 0 Å². The fourth-order valence-electron chi connectivity index (χ4n) is 2.34. The van der Waals surface area contributed by atoms with Crippen LogP contribution in [-0.4, -0.2) is 11.6 Å². The maximum absolute atomic E-state index is 12.4. The molecule has 23 heavy (non-hydrogen) atoms. The molecule has 0 aliphatic rings. The van der Waals surface area contributed by atoms with Crippen molar-refractivity contribution in [2.45, 2.75) is 20.3 Å². The SMILES string of the molecule is C=CCc1ccc(C(=O)C(=O)c2ccccc2)c(C)c1C.Cl.N. The number of Topliss-reactive ketones (excluding diaryl/α,β-unsaturated/α-hetero) is 2. The molecular formula is C19H22ClNO2. The van der Waals surface area contributed by atoms with E-state index < -0.39 is 11.6 Å². The summed E-state index contributed by atoms with van der Waals surface area (Å²) in [5, 5.41) is 0. The van der Waals surface area contributed by atoms with E-state index in [9.17, 15) is 9.59 Å². The summed E-state index contributed by atoms with van der Waals surface area (Å²) in [6.45, 7) is 7.58. The van der Waals surface area contributed by atoms with E-state index in [-0.39, 0.29) is 18.6 Å². The van der Waals surface area contributed by atoms with Crippen LogP contribution in [0.5, 0.6) is 0 Å². The monoisotopic (exact) mass is 331 g/mol. The lowest BCUT2D eigenvalue weighted by Crippen LogP contribution is -2.16. The Balaban J connectivity index is 0.00000242. The van der Waals surface area contributed by atoms with E-state index in [0.717, 1.165) is 23.1 Å². The van der Waals surface area contributed by atoms with Crippen molar-refractivity contribution in [3.05, 3.63) is 82.9 Å². The van der Waals surface area contributed by atoms with Crippen LogP contribution in [-0.2, 0) is 6.42 Å². The first-order valence-electron chi connectivity index (χ1n) is 6.90. The minimum absolute atomic E-state index is 0. The third-order valence-corrected chi connectivity index (χ3v) is 3.75. The van der Waals surface area contributed by atoms with E-state index in [1.54, 1.807) is 30.3 Å². The zero-order valence-corrected chi connectivity index (χ0v) is 14.3. The molecule has 0 spiro atoms. The molecule has 0 radical (unpaired) electrons. The quantitative estimate of drug-likeness (QED) is 0.491. The van der Waals surface area contributed by atoms with Crippen LogP contribution in [0.25, 0.3) is 0 Å². The van der Waals surface area contributed by atoms with Crippen LogP contribution < -0.4 is 6.15 Å². The van der Waals surface area contributed by atoms with Crippen molar-refractivity contribution in [1.82, 2.24) is 6.15 Å². The van der Waals surface area contributed by atoms with Crippen LogP contribution >= 0.6 is 12.4 Å². The second kappa shape index (κ2) is 9.03. The summed E-state index contributed by atoms with van der Waals surface area (Å²) in [5.41, 5.74) is 3.94. The van der Waals surface area contributed by atoms with Crippen molar-refractivity contribution in [1.29, 1.82) is 0 Å². The molecule has 0 unspecified atom stereocenters. The van der Waals surface area contributed by atoms with Gasteiger partial charge in [0.1, 0.15) is 0 Å². The summed E-state index contributed by atoms with van der Waals surface area (Å²) in [4.78, 5) is 24.7. The van der Waals surface area contributed by atoms with E-state index >= 15 is 0 Å². The van der Waals surface area contributed by atoms with E-state index in [1.165, 1.54) is 0 Å². The van der Waals surface area contributed by atoms with Gasteiger partial charge in [-0.2, -0.15) is 0 Å². The lowest BCUT2D eigenvalue weighted by atomic mass is 9.92. The highest BCUT2D eigenvalue weighted by atomic mass is 35.5. The number of hydrogen-bond donors (Lipinski definition) is 1. The lowest BCUT2D eigenvalue weighted by molar-refractivity contribution is 0.0816. The number of carbonyl (C=O) groups excluding carboxylic acids is 2. The Kier molecular flexibility index (Phi) is 8.16. The zero-order chi connectivity index (χ0) is 15.4. The van der Waals surface area contributed by atoms with Crippen LogP contribution in [0, 0.1) is 13.8 Å². The Morgan fingerprint density at radius 1 is 0.957 bits per heavy atom. The summed E-state index contributed by atoms with van der Waals surface area (Å²) in [6.07, 6.45) is 2.59. The smallest absolute Gasteiger partial charge is 0.233 e. The van der Waals surface area contributed by atoms with Gasteiger partial charge in [0.25, 0.3) is 0 Å². The van der Waals surface area contributed by atoms with E-state index in [4.69, 9.17) is 0 Å². The standard InChI is InChI=1S/C19H18O2.ClH.H3N/c1-4-8-15-11-12-17(14(3)13(15)2)19(21)18(20)16-9-6-5-7-10-16;;/h4-7,9-12H,1,8H2,2-3H3;1H;1H3. The molecule has 2 aromatic rings.